The molecular weight excluding hydrogens is 301 g/mol. The van der Waals surface area contributed by atoms with Gasteiger partial charge in [0.1, 0.15) is 17.3 Å². The van der Waals surface area contributed by atoms with Gasteiger partial charge in [0.15, 0.2) is 5.82 Å². The van der Waals surface area contributed by atoms with Crippen molar-refractivity contribution in [3.8, 4) is 6.07 Å². The molecule has 3 atom stereocenters. The molecule has 1 aliphatic carbocycles. The fourth-order valence-corrected chi connectivity index (χ4v) is 3.06. The summed E-state index contributed by atoms with van der Waals surface area (Å²) in [6.07, 6.45) is 1.50. The minimum absolute atomic E-state index is 0.00309. The van der Waals surface area contributed by atoms with Gasteiger partial charge in [-0.3, -0.25) is 14.3 Å². The Hall–Kier alpha value is -2.43. The van der Waals surface area contributed by atoms with Gasteiger partial charge in [0.2, 0.25) is 5.91 Å². The number of alkyl halides is 1. The number of nitriles is 1. The fraction of sp³-hybridized carbons (Fsp3) is 0.600. The van der Waals surface area contributed by atoms with Crippen LogP contribution >= 0.6 is 0 Å². The molecule has 2 rings (SSSR count). The average molecular weight is 321 g/mol. The van der Waals surface area contributed by atoms with Crippen LogP contribution in [0, 0.1) is 17.2 Å². The first-order chi connectivity index (χ1) is 10.8. The summed E-state index contributed by atoms with van der Waals surface area (Å²) in [7, 11) is 0. The van der Waals surface area contributed by atoms with E-state index in [1.54, 1.807) is 0 Å². The van der Waals surface area contributed by atoms with Crippen LogP contribution in [-0.2, 0) is 10.3 Å². The Bertz CT molecular complexity index is 665. The summed E-state index contributed by atoms with van der Waals surface area (Å²) in [5.41, 5.74) is 4.17. The molecule has 3 N–H and O–H groups in total. The van der Waals surface area contributed by atoms with Crippen LogP contribution < -0.4 is 11.1 Å². The number of nitrogens with zero attached hydrogens (tertiary/aromatic N) is 3. The van der Waals surface area contributed by atoms with Crippen molar-refractivity contribution in [3.05, 3.63) is 11.8 Å². The van der Waals surface area contributed by atoms with Gasteiger partial charge in [-0.25, -0.2) is 4.39 Å². The summed E-state index contributed by atoms with van der Waals surface area (Å²) in [6, 6.07) is 2.02. The summed E-state index contributed by atoms with van der Waals surface area (Å²) >= 11 is 0. The topological polar surface area (TPSA) is 114 Å². The molecule has 1 fully saturated rings. The van der Waals surface area contributed by atoms with E-state index in [9.17, 15) is 14.0 Å². The maximum Gasteiger partial charge on any atom is 0.254 e. The molecule has 1 aromatic heterocycles. The molecular formula is C15H20FN5O2. The van der Waals surface area contributed by atoms with Gasteiger partial charge in [-0.15, -0.1) is 0 Å². The van der Waals surface area contributed by atoms with Gasteiger partial charge < -0.3 is 11.1 Å². The van der Waals surface area contributed by atoms with Crippen LogP contribution in [0.25, 0.3) is 0 Å². The van der Waals surface area contributed by atoms with E-state index < -0.39 is 23.5 Å². The second-order valence-electron chi connectivity index (χ2n) is 6.17. The molecule has 1 aromatic rings. The molecule has 2 amide bonds. The van der Waals surface area contributed by atoms with E-state index in [-0.39, 0.29) is 23.7 Å². The van der Waals surface area contributed by atoms with Crippen molar-refractivity contribution in [2.45, 2.75) is 51.2 Å². The summed E-state index contributed by atoms with van der Waals surface area (Å²) in [6.45, 7) is 3.23. The normalized spacial score (nSPS) is 27.2. The quantitative estimate of drug-likeness (QED) is 0.878. The van der Waals surface area contributed by atoms with Gasteiger partial charge >= 0.3 is 0 Å². The lowest BCUT2D eigenvalue weighted by Crippen LogP contribution is -2.47. The number of carbonyl (C=O) groups is 2. The van der Waals surface area contributed by atoms with Crippen molar-refractivity contribution < 1.29 is 14.0 Å². The first kappa shape index (κ1) is 16.9. The molecule has 7 nitrogen and oxygen atoms in total. The number of hydrogen-bond donors (Lipinski definition) is 2. The zero-order valence-electron chi connectivity index (χ0n) is 13.2. The minimum atomic E-state index is -1.27. The van der Waals surface area contributed by atoms with Gasteiger partial charge in [0.25, 0.3) is 5.91 Å². The van der Waals surface area contributed by atoms with Crippen LogP contribution in [0.5, 0.6) is 0 Å². The van der Waals surface area contributed by atoms with Crippen LogP contribution in [0.4, 0.5) is 10.2 Å². The van der Waals surface area contributed by atoms with E-state index in [4.69, 9.17) is 11.0 Å². The van der Waals surface area contributed by atoms with Crippen LogP contribution in [0.15, 0.2) is 6.20 Å². The largest absolute Gasteiger partial charge is 0.365 e. The number of rotatable bonds is 4. The van der Waals surface area contributed by atoms with Crippen molar-refractivity contribution in [1.82, 2.24) is 9.78 Å². The second-order valence-corrected chi connectivity index (χ2v) is 6.17. The first-order valence-electron chi connectivity index (χ1n) is 7.48. The van der Waals surface area contributed by atoms with E-state index in [2.05, 4.69) is 10.4 Å². The van der Waals surface area contributed by atoms with Gasteiger partial charge in [0.05, 0.1) is 12.5 Å². The lowest BCUT2D eigenvalue weighted by molar-refractivity contribution is -0.114. The van der Waals surface area contributed by atoms with Crippen LogP contribution in [0.3, 0.4) is 0 Å². The number of halogens is 1. The Labute approximate surface area is 133 Å². The Morgan fingerprint density at radius 2 is 2.35 bits per heavy atom. The fourth-order valence-electron chi connectivity index (χ4n) is 3.06. The number of hydrogen-bond acceptors (Lipinski definition) is 4. The highest BCUT2D eigenvalue weighted by Crippen LogP contribution is 2.42. The van der Waals surface area contributed by atoms with Crippen molar-refractivity contribution in [2.24, 2.45) is 11.7 Å². The van der Waals surface area contributed by atoms with Crippen molar-refractivity contribution in [2.75, 3.05) is 5.32 Å². The molecule has 0 spiro atoms. The molecule has 0 bridgehead atoms. The summed E-state index contributed by atoms with van der Waals surface area (Å²) < 4.78 is 16.1. The third-order valence-electron chi connectivity index (χ3n) is 4.38. The minimum Gasteiger partial charge on any atom is -0.365 e. The number of primary amides is 1. The number of anilines is 1. The standard InChI is InChI=1S/C15H20FN5O2/c1-9-3-4-15(5-6-17,12(16)7-9)21-8-11(13(18)23)14(20-21)19-10(2)22/h8-9,12H,3-5,7H2,1-2H3,(H2,18,23)(H,19,20,22). The highest BCUT2D eigenvalue weighted by molar-refractivity contribution is 6.01. The molecule has 1 aliphatic rings. The van der Waals surface area contributed by atoms with Gasteiger partial charge in [-0.1, -0.05) is 6.92 Å². The number of aromatic nitrogens is 2. The predicted molar refractivity (Wildman–Crippen MR) is 81.2 cm³/mol. The molecule has 0 aliphatic heterocycles. The highest BCUT2D eigenvalue weighted by atomic mass is 19.1. The van der Waals surface area contributed by atoms with Crippen molar-refractivity contribution >= 4 is 17.6 Å². The van der Waals surface area contributed by atoms with E-state index >= 15 is 0 Å². The molecule has 3 unspecified atom stereocenters. The Morgan fingerprint density at radius 3 is 2.87 bits per heavy atom. The molecule has 0 aromatic carbocycles. The average Bonchev–Trinajstić information content (AvgIpc) is 2.86. The van der Waals surface area contributed by atoms with E-state index in [0.717, 1.165) is 6.42 Å². The lowest BCUT2D eigenvalue weighted by Gasteiger charge is -2.40. The molecule has 8 heteroatoms. The van der Waals surface area contributed by atoms with Gasteiger partial charge in [-0.2, -0.15) is 10.4 Å². The molecule has 124 valence electrons. The summed E-state index contributed by atoms with van der Waals surface area (Å²) in [5, 5.41) is 15.7. The molecule has 0 radical (unpaired) electrons. The third kappa shape index (κ3) is 3.18. The SMILES string of the molecule is CC(=O)Nc1nn(C2(CC#N)CCC(C)CC2F)cc1C(N)=O. The number of nitrogens with two attached hydrogens (primary N) is 1. The lowest BCUT2D eigenvalue weighted by atomic mass is 9.74. The third-order valence-corrected chi connectivity index (χ3v) is 4.38. The van der Waals surface area contributed by atoms with Crippen LogP contribution in [0.1, 0.15) is 49.9 Å². The van der Waals surface area contributed by atoms with Crippen LogP contribution in [0.2, 0.25) is 0 Å². The first-order valence-corrected chi connectivity index (χ1v) is 7.48. The van der Waals surface area contributed by atoms with Gasteiger partial charge in [0, 0.05) is 13.1 Å². The molecule has 1 heterocycles. The van der Waals surface area contributed by atoms with Gasteiger partial charge in [-0.05, 0) is 25.2 Å². The van der Waals surface area contributed by atoms with Crippen LogP contribution in [-0.4, -0.2) is 27.8 Å². The zero-order chi connectivity index (χ0) is 17.2. The smallest absolute Gasteiger partial charge is 0.254 e. The summed E-state index contributed by atoms with van der Waals surface area (Å²) in [5.74, 6) is -0.973. The van der Waals surface area contributed by atoms with E-state index in [1.165, 1.54) is 17.8 Å². The predicted octanol–water partition coefficient (Wildman–Crippen LogP) is 1.71. The van der Waals surface area contributed by atoms with Crippen molar-refractivity contribution in [3.63, 3.8) is 0 Å². The van der Waals surface area contributed by atoms with E-state index in [0.29, 0.717) is 12.8 Å². The Balaban J connectivity index is 2.50. The molecule has 23 heavy (non-hydrogen) atoms. The maximum absolute atomic E-state index is 14.8. The molecule has 1 saturated carbocycles. The second kappa shape index (κ2) is 6.36. The monoisotopic (exact) mass is 321 g/mol. The maximum atomic E-state index is 14.8. The van der Waals surface area contributed by atoms with Crippen molar-refractivity contribution in [1.29, 1.82) is 5.26 Å². The molecule has 0 saturated heterocycles. The zero-order valence-corrected chi connectivity index (χ0v) is 13.2. The Morgan fingerprint density at radius 1 is 1.65 bits per heavy atom. The number of amides is 2. The Kier molecular flexibility index (Phi) is 4.68. The number of carbonyl (C=O) groups excluding carboxylic acids is 2. The van der Waals surface area contributed by atoms with E-state index in [1.807, 2.05) is 13.0 Å². The summed E-state index contributed by atoms with van der Waals surface area (Å²) in [4.78, 5) is 22.8. The highest BCUT2D eigenvalue weighted by Gasteiger charge is 2.46. The number of nitrogens with one attached hydrogen (secondary N) is 1.